The summed E-state index contributed by atoms with van der Waals surface area (Å²) in [4.78, 5) is 0. The first-order valence-corrected chi connectivity index (χ1v) is 5.25. The third-order valence-corrected chi connectivity index (χ3v) is 2.87. The van der Waals surface area contributed by atoms with E-state index in [0.717, 1.165) is 22.6 Å². The Bertz CT molecular complexity index is 469. The van der Waals surface area contributed by atoms with Crippen LogP contribution in [-0.2, 0) is 0 Å². The number of nitrogen functional groups attached to an aromatic ring is 1. The monoisotopic (exact) mass is 199 g/mol. The Morgan fingerprint density at radius 3 is 2.60 bits per heavy atom. The van der Waals surface area contributed by atoms with Crippen LogP contribution < -0.4 is 5.73 Å². The molecule has 0 radical (unpaired) electrons. The van der Waals surface area contributed by atoms with Gasteiger partial charge in [-0.05, 0) is 12.8 Å². The topological polar surface area (TPSA) is 54.7 Å². The van der Waals surface area contributed by atoms with E-state index in [1.54, 1.807) is 0 Å². The van der Waals surface area contributed by atoms with Gasteiger partial charge in [0.25, 0.3) is 0 Å². The van der Waals surface area contributed by atoms with E-state index in [1.165, 1.54) is 12.8 Å². The Hall–Kier alpha value is -1.77. The molecule has 1 aromatic carbocycles. The molecular weight excluding hydrogens is 186 g/mol. The molecule has 1 saturated carbocycles. The molecule has 1 heterocycles. The molecule has 0 amide bonds. The highest BCUT2D eigenvalue weighted by Gasteiger charge is 2.28. The van der Waals surface area contributed by atoms with Crippen LogP contribution in [0.4, 0.5) is 5.69 Å². The lowest BCUT2D eigenvalue weighted by Gasteiger charge is -1.98. The summed E-state index contributed by atoms with van der Waals surface area (Å²) in [5, 5.41) is 7.36. The van der Waals surface area contributed by atoms with E-state index in [9.17, 15) is 0 Å². The Morgan fingerprint density at radius 2 is 1.93 bits per heavy atom. The van der Waals surface area contributed by atoms with Gasteiger partial charge in [-0.2, -0.15) is 5.10 Å². The van der Waals surface area contributed by atoms with Gasteiger partial charge in [0.1, 0.15) is 5.69 Å². The summed E-state index contributed by atoms with van der Waals surface area (Å²) in [6.45, 7) is 0. The molecule has 0 atom stereocenters. The van der Waals surface area contributed by atoms with E-state index in [1.807, 2.05) is 30.3 Å². The van der Waals surface area contributed by atoms with Crippen LogP contribution in [0.15, 0.2) is 30.3 Å². The lowest BCUT2D eigenvalue weighted by molar-refractivity contribution is 0.968. The standard InChI is InChI=1S/C12H13N3/c13-10-11(8-4-2-1-3-5-8)14-15-12(10)9-6-7-9/h1-5,9H,6-7,13H2,(H,14,15). The van der Waals surface area contributed by atoms with Gasteiger partial charge in [0, 0.05) is 11.5 Å². The molecule has 1 aromatic heterocycles. The predicted octanol–water partition coefficient (Wildman–Crippen LogP) is 2.54. The molecule has 76 valence electrons. The van der Waals surface area contributed by atoms with E-state index < -0.39 is 0 Å². The van der Waals surface area contributed by atoms with Gasteiger partial charge in [-0.3, -0.25) is 5.10 Å². The minimum absolute atomic E-state index is 0.620. The molecule has 1 fully saturated rings. The predicted molar refractivity (Wildman–Crippen MR) is 60.4 cm³/mol. The van der Waals surface area contributed by atoms with Crippen LogP contribution in [0.25, 0.3) is 11.3 Å². The second-order valence-electron chi connectivity index (χ2n) is 4.04. The zero-order chi connectivity index (χ0) is 10.3. The zero-order valence-electron chi connectivity index (χ0n) is 8.40. The molecule has 3 nitrogen and oxygen atoms in total. The molecular formula is C12H13N3. The van der Waals surface area contributed by atoms with Crippen molar-refractivity contribution in [1.82, 2.24) is 10.2 Å². The molecule has 3 heteroatoms. The summed E-state index contributed by atoms with van der Waals surface area (Å²) in [6.07, 6.45) is 2.47. The number of benzene rings is 1. The van der Waals surface area contributed by atoms with Crippen molar-refractivity contribution in [1.29, 1.82) is 0 Å². The number of H-pyrrole nitrogens is 1. The number of aromatic amines is 1. The smallest absolute Gasteiger partial charge is 0.115 e. The summed E-state index contributed by atoms with van der Waals surface area (Å²) in [6, 6.07) is 10.1. The molecule has 2 aromatic rings. The molecule has 3 N–H and O–H groups in total. The lowest BCUT2D eigenvalue weighted by atomic mass is 10.1. The number of hydrogen-bond donors (Lipinski definition) is 2. The maximum absolute atomic E-state index is 6.08. The maximum Gasteiger partial charge on any atom is 0.115 e. The number of nitrogens with two attached hydrogens (primary N) is 1. The van der Waals surface area contributed by atoms with Crippen molar-refractivity contribution >= 4 is 5.69 Å². The summed E-state index contributed by atoms with van der Waals surface area (Å²) < 4.78 is 0. The van der Waals surface area contributed by atoms with Crippen molar-refractivity contribution in [2.45, 2.75) is 18.8 Å². The molecule has 1 aliphatic carbocycles. The Morgan fingerprint density at radius 1 is 1.20 bits per heavy atom. The fourth-order valence-electron chi connectivity index (χ4n) is 1.86. The quantitative estimate of drug-likeness (QED) is 0.780. The fraction of sp³-hybridized carbons (Fsp3) is 0.250. The first-order valence-electron chi connectivity index (χ1n) is 5.25. The Balaban J connectivity index is 2.05. The number of hydrogen-bond acceptors (Lipinski definition) is 2. The minimum atomic E-state index is 0.620. The molecule has 0 saturated heterocycles. The minimum Gasteiger partial charge on any atom is -0.395 e. The second kappa shape index (κ2) is 3.12. The summed E-state index contributed by atoms with van der Waals surface area (Å²) in [5.74, 6) is 0.620. The zero-order valence-corrected chi connectivity index (χ0v) is 8.40. The first kappa shape index (κ1) is 8.53. The van der Waals surface area contributed by atoms with Crippen molar-refractivity contribution in [3.8, 4) is 11.3 Å². The highest BCUT2D eigenvalue weighted by atomic mass is 15.1. The SMILES string of the molecule is Nc1c(-c2ccccc2)n[nH]c1C1CC1. The molecule has 0 unspecified atom stereocenters. The van der Waals surface area contributed by atoms with E-state index >= 15 is 0 Å². The van der Waals surface area contributed by atoms with Gasteiger partial charge in [0.05, 0.1) is 11.4 Å². The highest BCUT2D eigenvalue weighted by molar-refractivity contribution is 5.74. The molecule has 15 heavy (non-hydrogen) atoms. The largest absolute Gasteiger partial charge is 0.395 e. The van der Waals surface area contributed by atoms with Gasteiger partial charge >= 0.3 is 0 Å². The lowest BCUT2D eigenvalue weighted by Crippen LogP contribution is -1.90. The number of anilines is 1. The average molecular weight is 199 g/mol. The Labute approximate surface area is 88.3 Å². The van der Waals surface area contributed by atoms with Crippen molar-refractivity contribution in [2.75, 3.05) is 5.73 Å². The van der Waals surface area contributed by atoms with Gasteiger partial charge < -0.3 is 5.73 Å². The van der Waals surface area contributed by atoms with Gasteiger partial charge in [-0.15, -0.1) is 0 Å². The number of aromatic nitrogens is 2. The van der Waals surface area contributed by atoms with Gasteiger partial charge in [-0.25, -0.2) is 0 Å². The second-order valence-corrected chi connectivity index (χ2v) is 4.04. The first-order chi connectivity index (χ1) is 7.36. The van der Waals surface area contributed by atoms with Crippen LogP contribution in [0, 0.1) is 0 Å². The number of rotatable bonds is 2. The molecule has 0 aliphatic heterocycles. The number of nitrogens with zero attached hydrogens (tertiary/aromatic N) is 1. The van der Waals surface area contributed by atoms with E-state index in [4.69, 9.17) is 5.73 Å². The molecule has 3 rings (SSSR count). The normalized spacial score (nSPS) is 15.5. The van der Waals surface area contributed by atoms with Crippen LogP contribution in [-0.4, -0.2) is 10.2 Å². The fourth-order valence-corrected chi connectivity index (χ4v) is 1.86. The molecule has 0 bridgehead atoms. The van der Waals surface area contributed by atoms with Gasteiger partial charge in [0.2, 0.25) is 0 Å². The third kappa shape index (κ3) is 1.40. The van der Waals surface area contributed by atoms with Crippen molar-refractivity contribution in [3.05, 3.63) is 36.0 Å². The van der Waals surface area contributed by atoms with Gasteiger partial charge in [0.15, 0.2) is 0 Å². The molecule has 0 spiro atoms. The van der Waals surface area contributed by atoms with E-state index in [-0.39, 0.29) is 0 Å². The van der Waals surface area contributed by atoms with Crippen LogP contribution in [0.5, 0.6) is 0 Å². The average Bonchev–Trinajstić information content (AvgIpc) is 3.04. The van der Waals surface area contributed by atoms with E-state index in [0.29, 0.717) is 5.92 Å². The van der Waals surface area contributed by atoms with Gasteiger partial charge in [-0.1, -0.05) is 30.3 Å². The third-order valence-electron chi connectivity index (χ3n) is 2.87. The highest BCUT2D eigenvalue weighted by Crippen LogP contribution is 2.43. The van der Waals surface area contributed by atoms with Crippen molar-refractivity contribution in [2.24, 2.45) is 0 Å². The Kier molecular flexibility index (Phi) is 1.78. The summed E-state index contributed by atoms with van der Waals surface area (Å²) in [7, 11) is 0. The number of nitrogens with one attached hydrogen (secondary N) is 1. The van der Waals surface area contributed by atoms with Crippen LogP contribution >= 0.6 is 0 Å². The van der Waals surface area contributed by atoms with Crippen LogP contribution in [0.1, 0.15) is 24.5 Å². The van der Waals surface area contributed by atoms with E-state index in [2.05, 4.69) is 10.2 Å². The van der Waals surface area contributed by atoms with Crippen LogP contribution in [0.2, 0.25) is 0 Å². The maximum atomic E-state index is 6.08. The van der Waals surface area contributed by atoms with Crippen molar-refractivity contribution in [3.63, 3.8) is 0 Å². The summed E-state index contributed by atoms with van der Waals surface area (Å²) >= 11 is 0. The molecule has 1 aliphatic rings. The van der Waals surface area contributed by atoms with Crippen LogP contribution in [0.3, 0.4) is 0 Å². The van der Waals surface area contributed by atoms with Crippen molar-refractivity contribution < 1.29 is 0 Å². The summed E-state index contributed by atoms with van der Waals surface area (Å²) in [5.41, 5.74) is 9.99.